The maximum atomic E-state index is 14.1. The molecule has 2 N–H and O–H groups in total. The number of allylic oxidation sites excluding steroid dienone is 2. The van der Waals surface area contributed by atoms with Crippen LogP contribution in [0.1, 0.15) is 52.5 Å². The molecule has 0 saturated heterocycles. The average Bonchev–Trinajstić information content (AvgIpc) is 3.09. The number of hydrogen-bond donors (Lipinski definition) is 2. The first-order chi connectivity index (χ1) is 18.4. The van der Waals surface area contributed by atoms with Crippen LogP contribution in [0.15, 0.2) is 53.1 Å². The fraction of sp³-hybridized carbons (Fsp3) is 0.483. The molecule has 3 aliphatic rings. The van der Waals surface area contributed by atoms with Crippen molar-refractivity contribution >= 4 is 17.8 Å². The molecule has 0 bridgehead atoms. The number of aliphatic carboxylic acids is 1. The van der Waals surface area contributed by atoms with Gasteiger partial charge in [0, 0.05) is 11.1 Å². The zero-order chi connectivity index (χ0) is 28.6. The summed E-state index contributed by atoms with van der Waals surface area (Å²) in [5, 5.41) is 11.6. The van der Waals surface area contributed by atoms with Crippen molar-refractivity contribution in [3.8, 4) is 11.5 Å². The zero-order valence-electron chi connectivity index (χ0n) is 23.4. The van der Waals surface area contributed by atoms with Crippen LogP contribution < -0.4 is 14.8 Å². The first-order valence-electron chi connectivity index (χ1n) is 12.9. The SMILES string of the molecule is COc1cccc([C@@H]2C=C(C)C3=COC[C@@H](C(C)(C)C)N4C(=O)[C@@H](CC(=O)N[C@H](C)C(=O)O)OC2=C34)c1OC. The maximum Gasteiger partial charge on any atom is 0.325 e. The number of benzene rings is 1. The van der Waals surface area contributed by atoms with E-state index in [9.17, 15) is 19.5 Å². The van der Waals surface area contributed by atoms with Gasteiger partial charge in [0.25, 0.3) is 5.91 Å². The topological polar surface area (TPSA) is 124 Å². The predicted molar refractivity (Wildman–Crippen MR) is 142 cm³/mol. The van der Waals surface area contributed by atoms with E-state index in [0.29, 0.717) is 23.0 Å². The summed E-state index contributed by atoms with van der Waals surface area (Å²) in [6.07, 6.45) is 2.17. The third kappa shape index (κ3) is 5.20. The van der Waals surface area contributed by atoms with E-state index in [1.807, 2.05) is 45.9 Å². The molecule has 4 rings (SSSR count). The molecule has 1 aromatic rings. The summed E-state index contributed by atoms with van der Waals surface area (Å²) in [7, 11) is 3.13. The van der Waals surface area contributed by atoms with Gasteiger partial charge in [0.15, 0.2) is 17.6 Å². The summed E-state index contributed by atoms with van der Waals surface area (Å²) in [6.45, 7) is 9.65. The molecule has 0 fully saturated rings. The first kappa shape index (κ1) is 28.1. The van der Waals surface area contributed by atoms with Crippen molar-refractivity contribution in [2.24, 2.45) is 5.41 Å². The smallest absolute Gasteiger partial charge is 0.325 e. The van der Waals surface area contributed by atoms with Gasteiger partial charge in [-0.2, -0.15) is 0 Å². The summed E-state index contributed by atoms with van der Waals surface area (Å²) in [6, 6.07) is 4.09. The van der Waals surface area contributed by atoms with Crippen LogP contribution in [0.2, 0.25) is 0 Å². The molecule has 2 heterocycles. The highest BCUT2D eigenvalue weighted by Gasteiger charge is 2.49. The summed E-state index contributed by atoms with van der Waals surface area (Å²) in [5.74, 6) is -1.04. The van der Waals surface area contributed by atoms with Crippen LogP contribution in [0.5, 0.6) is 11.5 Å². The summed E-state index contributed by atoms with van der Waals surface area (Å²) >= 11 is 0. The molecule has 4 atom stereocenters. The van der Waals surface area contributed by atoms with Crippen molar-refractivity contribution in [2.45, 2.75) is 65.1 Å². The fourth-order valence-electron chi connectivity index (χ4n) is 5.17. The third-order valence-corrected chi connectivity index (χ3v) is 7.29. The van der Waals surface area contributed by atoms with Crippen LogP contribution in [-0.4, -0.2) is 66.8 Å². The van der Waals surface area contributed by atoms with Gasteiger partial charge < -0.3 is 29.4 Å². The minimum absolute atomic E-state index is 0.255. The van der Waals surface area contributed by atoms with E-state index in [2.05, 4.69) is 5.32 Å². The normalized spacial score (nSPS) is 23.3. The van der Waals surface area contributed by atoms with Crippen LogP contribution in [-0.2, 0) is 23.9 Å². The predicted octanol–water partition coefficient (Wildman–Crippen LogP) is 3.49. The van der Waals surface area contributed by atoms with Gasteiger partial charge in [-0.05, 0) is 30.9 Å². The Bertz CT molecular complexity index is 1270. The number of carbonyl (C=O) groups excluding carboxylic acids is 2. The largest absolute Gasteiger partial charge is 0.498 e. The Morgan fingerprint density at radius 3 is 2.56 bits per heavy atom. The van der Waals surface area contributed by atoms with Crippen molar-refractivity contribution in [3.63, 3.8) is 0 Å². The number of carboxylic acid groups (broad SMARTS) is 1. The van der Waals surface area contributed by atoms with Gasteiger partial charge in [-0.15, -0.1) is 0 Å². The highest BCUT2D eigenvalue weighted by molar-refractivity contribution is 5.92. The van der Waals surface area contributed by atoms with Crippen molar-refractivity contribution in [1.29, 1.82) is 0 Å². The van der Waals surface area contributed by atoms with E-state index in [1.54, 1.807) is 31.4 Å². The molecule has 0 unspecified atom stereocenters. The highest BCUT2D eigenvalue weighted by atomic mass is 16.5. The molecule has 0 radical (unpaired) electrons. The number of methoxy groups -OCH3 is 2. The Morgan fingerprint density at radius 2 is 1.95 bits per heavy atom. The van der Waals surface area contributed by atoms with Gasteiger partial charge in [-0.3, -0.25) is 19.3 Å². The van der Waals surface area contributed by atoms with Crippen molar-refractivity contribution in [1.82, 2.24) is 10.2 Å². The molecular formula is C29H36N2O8. The number of carboxylic acids is 1. The standard InChI is InChI=1S/C29H36N2O8/c1-15-11-18(17-9-8-10-20(36-6)25(17)37-7)26-24-19(15)13-38-14-22(29(3,4)5)31(24)27(33)21(39-26)12-23(32)30-16(2)28(34)35/h8-11,13,16,18,21-22H,12,14H2,1-7H3,(H,30,32)(H,34,35)/t16-,18+,21-,22+/m1/s1. The van der Waals surface area contributed by atoms with Crippen LogP contribution in [0.25, 0.3) is 0 Å². The van der Waals surface area contributed by atoms with Crippen molar-refractivity contribution < 1.29 is 38.4 Å². The number of nitrogens with one attached hydrogen (secondary N) is 1. The molecule has 0 aromatic heterocycles. The second-order valence-corrected chi connectivity index (χ2v) is 11.0. The van der Waals surface area contributed by atoms with Gasteiger partial charge in [0.2, 0.25) is 5.91 Å². The molecule has 1 aromatic carbocycles. The van der Waals surface area contributed by atoms with Gasteiger partial charge in [0.05, 0.1) is 44.6 Å². The molecule has 0 spiro atoms. The third-order valence-electron chi connectivity index (χ3n) is 7.29. The van der Waals surface area contributed by atoms with Gasteiger partial charge in [-0.1, -0.05) is 39.0 Å². The molecule has 0 saturated carbocycles. The van der Waals surface area contributed by atoms with E-state index in [-0.39, 0.29) is 30.4 Å². The Kier molecular flexibility index (Phi) is 7.68. The lowest BCUT2D eigenvalue weighted by Crippen LogP contribution is -2.56. The Morgan fingerprint density at radius 1 is 1.23 bits per heavy atom. The van der Waals surface area contributed by atoms with Crippen LogP contribution in [0.4, 0.5) is 0 Å². The van der Waals surface area contributed by atoms with Crippen LogP contribution in [0, 0.1) is 5.41 Å². The summed E-state index contributed by atoms with van der Waals surface area (Å²) in [4.78, 5) is 39.9. The summed E-state index contributed by atoms with van der Waals surface area (Å²) in [5.41, 5.74) is 2.61. The molecule has 39 heavy (non-hydrogen) atoms. The Balaban J connectivity index is 1.87. The fourth-order valence-corrected chi connectivity index (χ4v) is 5.17. The monoisotopic (exact) mass is 540 g/mol. The minimum atomic E-state index is -1.17. The zero-order valence-corrected chi connectivity index (χ0v) is 23.4. The van der Waals surface area contributed by atoms with Crippen LogP contribution in [0.3, 0.4) is 0 Å². The number of hydrogen-bond acceptors (Lipinski definition) is 7. The maximum absolute atomic E-state index is 14.1. The lowest BCUT2D eigenvalue weighted by Gasteiger charge is -2.46. The van der Waals surface area contributed by atoms with E-state index >= 15 is 0 Å². The van der Waals surface area contributed by atoms with E-state index < -0.39 is 29.9 Å². The van der Waals surface area contributed by atoms with E-state index in [1.165, 1.54) is 6.92 Å². The number of rotatable bonds is 7. The van der Waals surface area contributed by atoms with Gasteiger partial charge in [0.1, 0.15) is 18.4 Å². The van der Waals surface area contributed by atoms with Crippen molar-refractivity contribution in [3.05, 3.63) is 58.7 Å². The second-order valence-electron chi connectivity index (χ2n) is 11.0. The quantitative estimate of drug-likeness (QED) is 0.539. The number of para-hydroxylation sites is 1. The lowest BCUT2D eigenvalue weighted by atomic mass is 9.80. The van der Waals surface area contributed by atoms with E-state index in [4.69, 9.17) is 18.9 Å². The number of ether oxygens (including phenoxy) is 4. The Hall–Kier alpha value is -3.95. The molecule has 210 valence electrons. The number of carbonyl (C=O) groups is 3. The van der Waals surface area contributed by atoms with Gasteiger partial charge in [-0.25, -0.2) is 0 Å². The number of amides is 2. The van der Waals surface area contributed by atoms with Crippen LogP contribution >= 0.6 is 0 Å². The first-order valence-corrected chi connectivity index (χ1v) is 12.9. The van der Waals surface area contributed by atoms with E-state index in [0.717, 1.165) is 16.7 Å². The molecule has 10 nitrogen and oxygen atoms in total. The highest BCUT2D eigenvalue weighted by Crippen LogP contribution is 2.50. The molecule has 1 aliphatic carbocycles. The Labute approximate surface area is 228 Å². The van der Waals surface area contributed by atoms with Gasteiger partial charge >= 0.3 is 5.97 Å². The molecule has 2 aliphatic heterocycles. The van der Waals surface area contributed by atoms with Crippen molar-refractivity contribution in [2.75, 3.05) is 20.8 Å². The molecular weight excluding hydrogens is 504 g/mol. The molecule has 10 heteroatoms. The second kappa shape index (κ2) is 10.7. The average molecular weight is 541 g/mol. The number of nitrogens with zero attached hydrogens (tertiary/aromatic N) is 1. The minimum Gasteiger partial charge on any atom is -0.498 e. The molecule has 2 amide bonds. The lowest BCUT2D eigenvalue weighted by molar-refractivity contribution is -0.151. The summed E-state index contributed by atoms with van der Waals surface area (Å²) < 4.78 is 23.6.